The number of rotatable bonds is 6. The number of halogens is 4. The van der Waals surface area contributed by atoms with E-state index in [1.165, 1.54) is 6.07 Å². The third-order valence-electron chi connectivity index (χ3n) is 2.80. The van der Waals surface area contributed by atoms with Crippen molar-refractivity contribution in [1.29, 1.82) is 0 Å². The zero-order valence-electron chi connectivity index (χ0n) is 12.3. The van der Waals surface area contributed by atoms with Crippen LogP contribution in [-0.2, 0) is 6.18 Å². The lowest BCUT2D eigenvalue weighted by molar-refractivity contribution is -0.137. The van der Waals surface area contributed by atoms with Gasteiger partial charge in [-0.1, -0.05) is 12.7 Å². The first-order valence-corrected chi connectivity index (χ1v) is 7.83. The van der Waals surface area contributed by atoms with E-state index in [4.69, 9.17) is 4.74 Å². The summed E-state index contributed by atoms with van der Waals surface area (Å²) >= 11 is 2.14. The topological polar surface area (TPSA) is 46.5 Å². The van der Waals surface area contributed by atoms with Crippen LogP contribution in [0.5, 0.6) is 5.75 Å². The van der Waals surface area contributed by atoms with Crippen LogP contribution in [0.2, 0.25) is 0 Å². The molecule has 0 unspecified atom stereocenters. The molecule has 0 fully saturated rings. The Morgan fingerprint density at radius 3 is 2.67 bits per heavy atom. The first-order chi connectivity index (χ1) is 11.4. The molecule has 0 amide bonds. The van der Waals surface area contributed by atoms with Crippen LogP contribution in [0.1, 0.15) is 11.1 Å². The molecular formula is C16H13F3IN3O. The number of hydrazone groups is 1. The highest BCUT2D eigenvalue weighted by molar-refractivity contribution is 14.1. The van der Waals surface area contributed by atoms with Crippen molar-refractivity contribution in [3.63, 3.8) is 0 Å². The van der Waals surface area contributed by atoms with Gasteiger partial charge in [-0.15, -0.1) is 0 Å². The van der Waals surface area contributed by atoms with E-state index in [0.29, 0.717) is 6.61 Å². The SMILES string of the molecule is C=CCOc1ccc(/C=N\Nc2ccc(C(F)(F)F)cn2)cc1I. The molecule has 2 rings (SSSR count). The molecule has 1 N–H and O–H groups in total. The summed E-state index contributed by atoms with van der Waals surface area (Å²) in [7, 11) is 0. The summed E-state index contributed by atoms with van der Waals surface area (Å²) in [6.45, 7) is 4.01. The van der Waals surface area contributed by atoms with Crippen molar-refractivity contribution < 1.29 is 17.9 Å². The number of benzene rings is 1. The molecule has 0 atom stereocenters. The van der Waals surface area contributed by atoms with E-state index >= 15 is 0 Å². The first-order valence-electron chi connectivity index (χ1n) is 6.75. The largest absolute Gasteiger partial charge is 0.488 e. The molecule has 1 heterocycles. The molecule has 1 aromatic carbocycles. The number of pyridine rings is 1. The maximum Gasteiger partial charge on any atom is 0.417 e. The second-order valence-electron chi connectivity index (χ2n) is 4.59. The zero-order valence-corrected chi connectivity index (χ0v) is 14.5. The fourth-order valence-corrected chi connectivity index (χ4v) is 2.36. The van der Waals surface area contributed by atoms with Gasteiger partial charge < -0.3 is 4.74 Å². The fraction of sp³-hybridized carbons (Fsp3) is 0.125. The summed E-state index contributed by atoms with van der Waals surface area (Å²) in [5, 5.41) is 3.96. The fourth-order valence-electron chi connectivity index (χ4n) is 1.66. The maximum absolute atomic E-state index is 12.4. The summed E-state index contributed by atoms with van der Waals surface area (Å²) in [4.78, 5) is 3.67. The lowest BCUT2D eigenvalue weighted by atomic mass is 10.2. The van der Waals surface area contributed by atoms with Crippen LogP contribution >= 0.6 is 22.6 Å². The molecule has 4 nitrogen and oxygen atoms in total. The Hall–Kier alpha value is -2.10. The zero-order chi connectivity index (χ0) is 17.6. The van der Waals surface area contributed by atoms with Gasteiger partial charge in [0, 0.05) is 6.20 Å². The Morgan fingerprint density at radius 1 is 1.29 bits per heavy atom. The minimum atomic E-state index is -4.40. The number of alkyl halides is 3. The molecule has 126 valence electrons. The predicted octanol–water partition coefficient (Wildman–Crippen LogP) is 4.72. The molecule has 1 aromatic heterocycles. The Balaban J connectivity index is 1.98. The van der Waals surface area contributed by atoms with Crippen LogP contribution in [0.3, 0.4) is 0 Å². The van der Waals surface area contributed by atoms with E-state index in [9.17, 15) is 13.2 Å². The van der Waals surface area contributed by atoms with Crippen molar-refractivity contribution in [3.05, 3.63) is 63.9 Å². The molecule has 0 aliphatic heterocycles. The van der Waals surface area contributed by atoms with Gasteiger partial charge in [0.2, 0.25) is 0 Å². The Labute approximate surface area is 150 Å². The molecule has 0 spiro atoms. The third kappa shape index (κ3) is 5.22. The van der Waals surface area contributed by atoms with Gasteiger partial charge in [0.15, 0.2) is 0 Å². The lowest BCUT2D eigenvalue weighted by Crippen LogP contribution is -2.05. The van der Waals surface area contributed by atoms with Crippen molar-refractivity contribution in [1.82, 2.24) is 4.98 Å². The molecule has 0 aliphatic rings. The van der Waals surface area contributed by atoms with Crippen molar-refractivity contribution in [2.45, 2.75) is 6.18 Å². The van der Waals surface area contributed by atoms with E-state index in [1.54, 1.807) is 12.3 Å². The average Bonchev–Trinajstić information content (AvgIpc) is 2.54. The van der Waals surface area contributed by atoms with E-state index in [0.717, 1.165) is 27.1 Å². The minimum Gasteiger partial charge on any atom is -0.488 e. The summed E-state index contributed by atoms with van der Waals surface area (Å²) in [6.07, 6.45) is -0.446. The molecule has 0 saturated heterocycles. The number of nitrogens with one attached hydrogen (secondary N) is 1. The van der Waals surface area contributed by atoms with Crippen LogP contribution in [0, 0.1) is 3.57 Å². The normalized spacial score (nSPS) is 11.5. The van der Waals surface area contributed by atoms with Gasteiger partial charge in [-0.3, -0.25) is 5.43 Å². The van der Waals surface area contributed by atoms with Gasteiger partial charge in [-0.05, 0) is 58.5 Å². The number of hydrogen-bond acceptors (Lipinski definition) is 4. The second kappa shape index (κ2) is 8.13. The number of nitrogens with zero attached hydrogens (tertiary/aromatic N) is 2. The summed E-state index contributed by atoms with van der Waals surface area (Å²) < 4.78 is 43.7. The van der Waals surface area contributed by atoms with Gasteiger partial charge in [0.05, 0.1) is 15.3 Å². The van der Waals surface area contributed by atoms with Crippen LogP contribution in [0.15, 0.2) is 54.3 Å². The number of aromatic nitrogens is 1. The van der Waals surface area contributed by atoms with E-state index in [2.05, 4.69) is 44.7 Å². The van der Waals surface area contributed by atoms with Gasteiger partial charge in [0.1, 0.15) is 18.2 Å². The Bertz CT molecular complexity index is 730. The number of ether oxygens (including phenoxy) is 1. The van der Waals surface area contributed by atoms with Crippen LogP contribution in [0.4, 0.5) is 19.0 Å². The standard InChI is InChI=1S/C16H13F3IN3O/c1-2-7-24-14-5-3-11(8-13(14)20)9-22-23-15-6-4-12(10-21-15)16(17,18)19/h2-6,8-10H,1,7H2,(H,21,23)/b22-9-. The average molecular weight is 447 g/mol. The smallest absolute Gasteiger partial charge is 0.417 e. The monoisotopic (exact) mass is 447 g/mol. The molecule has 0 saturated carbocycles. The molecule has 0 aliphatic carbocycles. The summed E-state index contributed by atoms with van der Waals surface area (Å²) in [6, 6.07) is 7.65. The van der Waals surface area contributed by atoms with Gasteiger partial charge >= 0.3 is 6.18 Å². The van der Waals surface area contributed by atoms with E-state index < -0.39 is 11.7 Å². The molecule has 0 radical (unpaired) electrons. The molecule has 0 bridgehead atoms. The van der Waals surface area contributed by atoms with Gasteiger partial charge in [0.25, 0.3) is 0 Å². The van der Waals surface area contributed by atoms with Gasteiger partial charge in [-0.25, -0.2) is 4.98 Å². The van der Waals surface area contributed by atoms with Crippen LogP contribution < -0.4 is 10.2 Å². The third-order valence-corrected chi connectivity index (χ3v) is 3.64. The minimum absolute atomic E-state index is 0.222. The van der Waals surface area contributed by atoms with Gasteiger partial charge in [-0.2, -0.15) is 18.3 Å². The maximum atomic E-state index is 12.4. The molecular weight excluding hydrogens is 434 g/mol. The summed E-state index contributed by atoms with van der Waals surface area (Å²) in [5.74, 6) is 0.963. The lowest BCUT2D eigenvalue weighted by Gasteiger charge is -2.07. The van der Waals surface area contributed by atoms with E-state index in [-0.39, 0.29) is 5.82 Å². The quantitative estimate of drug-likeness (QED) is 0.302. The Morgan fingerprint density at radius 2 is 2.08 bits per heavy atom. The first kappa shape index (κ1) is 18.2. The highest BCUT2D eigenvalue weighted by atomic mass is 127. The van der Waals surface area contributed by atoms with Crippen molar-refractivity contribution >= 4 is 34.6 Å². The highest BCUT2D eigenvalue weighted by Crippen LogP contribution is 2.28. The van der Waals surface area contributed by atoms with Crippen molar-refractivity contribution in [2.24, 2.45) is 5.10 Å². The predicted molar refractivity (Wildman–Crippen MR) is 95.3 cm³/mol. The summed E-state index contributed by atoms with van der Waals surface area (Å²) in [5.41, 5.74) is 2.59. The Kier molecular flexibility index (Phi) is 6.18. The molecule has 24 heavy (non-hydrogen) atoms. The van der Waals surface area contributed by atoms with Crippen molar-refractivity contribution in [2.75, 3.05) is 12.0 Å². The molecule has 2 aromatic rings. The van der Waals surface area contributed by atoms with Crippen molar-refractivity contribution in [3.8, 4) is 5.75 Å². The van der Waals surface area contributed by atoms with E-state index in [1.807, 2.05) is 18.2 Å². The number of hydrogen-bond donors (Lipinski definition) is 1. The van der Waals surface area contributed by atoms with Crippen LogP contribution in [-0.4, -0.2) is 17.8 Å². The molecule has 8 heteroatoms. The highest BCUT2D eigenvalue weighted by Gasteiger charge is 2.30. The van der Waals surface area contributed by atoms with Crippen LogP contribution in [0.25, 0.3) is 0 Å². The second-order valence-corrected chi connectivity index (χ2v) is 5.75. The number of anilines is 1.